The first-order valence-corrected chi connectivity index (χ1v) is 4.78. The van der Waals surface area contributed by atoms with E-state index in [4.69, 9.17) is 0 Å². The van der Waals surface area contributed by atoms with Gasteiger partial charge in [0.05, 0.1) is 0 Å². The van der Waals surface area contributed by atoms with Gasteiger partial charge in [0.2, 0.25) is 0 Å². The second-order valence-corrected chi connectivity index (χ2v) is 3.74. The minimum absolute atomic E-state index is 0.0242. The molecule has 90 valence electrons. The molecule has 0 amide bonds. The Hall–Kier alpha value is -1.26. The Kier molecular flexibility index (Phi) is 3.78. The minimum Gasteiger partial charge on any atom is -0.484 e. The maximum atomic E-state index is 12.9. The summed E-state index contributed by atoms with van der Waals surface area (Å²) in [4.78, 5) is 0. The highest BCUT2D eigenvalue weighted by Gasteiger charge is 2.29. The van der Waals surface area contributed by atoms with Gasteiger partial charge in [0, 0.05) is 6.07 Å². The third-order valence-electron chi connectivity index (χ3n) is 1.99. The fourth-order valence-electron chi connectivity index (χ4n) is 1.27. The van der Waals surface area contributed by atoms with Crippen LogP contribution in [0.5, 0.6) is 5.75 Å². The number of rotatable bonds is 3. The summed E-state index contributed by atoms with van der Waals surface area (Å²) in [5, 5.41) is 0. The Morgan fingerprint density at radius 3 is 2.38 bits per heavy atom. The summed E-state index contributed by atoms with van der Waals surface area (Å²) < 4.78 is 53.3. The van der Waals surface area contributed by atoms with E-state index in [1.807, 2.05) is 0 Å². The number of ether oxygens (including phenoxy) is 1. The molecule has 16 heavy (non-hydrogen) atoms. The average molecular weight is 236 g/mol. The normalized spacial score (nSPS) is 11.9. The van der Waals surface area contributed by atoms with E-state index < -0.39 is 18.6 Å². The van der Waals surface area contributed by atoms with E-state index in [1.54, 1.807) is 13.8 Å². The molecule has 1 aromatic carbocycles. The Balaban J connectivity index is 2.88. The van der Waals surface area contributed by atoms with Crippen molar-refractivity contribution in [2.75, 3.05) is 6.61 Å². The zero-order valence-corrected chi connectivity index (χ0v) is 8.94. The van der Waals surface area contributed by atoms with E-state index in [2.05, 4.69) is 4.74 Å². The molecule has 1 nitrogen and oxygen atoms in total. The van der Waals surface area contributed by atoms with Crippen LogP contribution in [0.3, 0.4) is 0 Å². The van der Waals surface area contributed by atoms with E-state index in [-0.39, 0.29) is 11.7 Å². The van der Waals surface area contributed by atoms with Crippen molar-refractivity contribution in [3.05, 3.63) is 29.6 Å². The summed E-state index contributed by atoms with van der Waals surface area (Å²) in [6, 6.07) is 3.61. The van der Waals surface area contributed by atoms with Crippen LogP contribution in [0.1, 0.15) is 25.3 Å². The summed E-state index contributed by atoms with van der Waals surface area (Å²) in [5.41, 5.74) is 0.561. The first-order chi connectivity index (χ1) is 7.29. The molecule has 0 aliphatic heterocycles. The van der Waals surface area contributed by atoms with Gasteiger partial charge >= 0.3 is 6.18 Å². The highest BCUT2D eigenvalue weighted by molar-refractivity contribution is 5.36. The van der Waals surface area contributed by atoms with Crippen molar-refractivity contribution >= 4 is 0 Å². The fraction of sp³-hybridized carbons (Fsp3) is 0.455. The molecule has 0 saturated heterocycles. The highest BCUT2D eigenvalue weighted by Crippen LogP contribution is 2.28. The Morgan fingerprint density at radius 2 is 1.88 bits per heavy atom. The lowest BCUT2D eigenvalue weighted by Crippen LogP contribution is -2.20. The lowest BCUT2D eigenvalue weighted by molar-refractivity contribution is -0.153. The molecule has 1 rings (SSSR count). The van der Waals surface area contributed by atoms with Gasteiger partial charge in [0.15, 0.2) is 6.61 Å². The predicted octanol–water partition coefficient (Wildman–Crippen LogP) is 3.89. The first kappa shape index (κ1) is 12.8. The smallest absolute Gasteiger partial charge is 0.422 e. The van der Waals surface area contributed by atoms with Gasteiger partial charge in [-0.1, -0.05) is 19.9 Å². The number of hydrogen-bond donors (Lipinski definition) is 0. The molecule has 0 aliphatic carbocycles. The fourth-order valence-corrected chi connectivity index (χ4v) is 1.27. The summed E-state index contributed by atoms with van der Waals surface area (Å²) >= 11 is 0. The van der Waals surface area contributed by atoms with Gasteiger partial charge in [-0.15, -0.1) is 0 Å². The zero-order valence-electron chi connectivity index (χ0n) is 8.94. The van der Waals surface area contributed by atoms with E-state index >= 15 is 0 Å². The standard InChI is InChI=1S/C11H12F4O/c1-7(2)9-4-3-8(12)5-10(9)16-6-11(13,14)15/h3-5,7H,6H2,1-2H3. The van der Waals surface area contributed by atoms with Gasteiger partial charge in [-0.05, 0) is 17.5 Å². The van der Waals surface area contributed by atoms with Crippen LogP contribution in [-0.4, -0.2) is 12.8 Å². The van der Waals surface area contributed by atoms with Crippen molar-refractivity contribution in [2.45, 2.75) is 25.9 Å². The van der Waals surface area contributed by atoms with Crippen LogP contribution >= 0.6 is 0 Å². The third-order valence-corrected chi connectivity index (χ3v) is 1.99. The monoisotopic (exact) mass is 236 g/mol. The summed E-state index contributed by atoms with van der Waals surface area (Å²) in [6.45, 7) is 2.19. The van der Waals surface area contributed by atoms with E-state index in [9.17, 15) is 17.6 Å². The van der Waals surface area contributed by atoms with Crippen molar-refractivity contribution in [1.29, 1.82) is 0 Å². The molecular weight excluding hydrogens is 224 g/mol. The second-order valence-electron chi connectivity index (χ2n) is 3.74. The maximum Gasteiger partial charge on any atom is 0.422 e. The van der Waals surface area contributed by atoms with Crippen LogP contribution in [0.25, 0.3) is 0 Å². The lowest BCUT2D eigenvalue weighted by Gasteiger charge is -2.15. The topological polar surface area (TPSA) is 9.23 Å². The SMILES string of the molecule is CC(C)c1ccc(F)cc1OCC(F)(F)F. The lowest BCUT2D eigenvalue weighted by atomic mass is 10.0. The van der Waals surface area contributed by atoms with Gasteiger partial charge in [-0.3, -0.25) is 0 Å². The molecule has 0 unspecified atom stereocenters. The first-order valence-electron chi connectivity index (χ1n) is 4.78. The molecule has 0 spiro atoms. The van der Waals surface area contributed by atoms with Gasteiger partial charge in [0.1, 0.15) is 11.6 Å². The quantitative estimate of drug-likeness (QED) is 0.723. The number of hydrogen-bond acceptors (Lipinski definition) is 1. The largest absolute Gasteiger partial charge is 0.484 e. The zero-order chi connectivity index (χ0) is 12.3. The van der Waals surface area contributed by atoms with Crippen molar-refractivity contribution in [1.82, 2.24) is 0 Å². The summed E-state index contributed by atoms with van der Waals surface area (Å²) in [7, 11) is 0. The average Bonchev–Trinajstić information content (AvgIpc) is 2.13. The van der Waals surface area contributed by atoms with E-state index in [0.29, 0.717) is 5.56 Å². The molecule has 0 aromatic heterocycles. The van der Waals surface area contributed by atoms with Crippen LogP contribution in [-0.2, 0) is 0 Å². The van der Waals surface area contributed by atoms with Gasteiger partial charge in [0.25, 0.3) is 0 Å². The van der Waals surface area contributed by atoms with Gasteiger partial charge in [-0.25, -0.2) is 4.39 Å². The van der Waals surface area contributed by atoms with Crippen LogP contribution in [0, 0.1) is 5.82 Å². The second kappa shape index (κ2) is 4.72. The van der Waals surface area contributed by atoms with Crippen molar-refractivity contribution in [3.8, 4) is 5.75 Å². The van der Waals surface area contributed by atoms with Crippen molar-refractivity contribution < 1.29 is 22.3 Å². The third kappa shape index (κ3) is 3.72. The van der Waals surface area contributed by atoms with E-state index in [0.717, 1.165) is 6.07 Å². The van der Waals surface area contributed by atoms with Crippen molar-refractivity contribution in [2.24, 2.45) is 0 Å². The minimum atomic E-state index is -4.42. The molecule has 0 fully saturated rings. The molecule has 0 aliphatic rings. The molecule has 0 N–H and O–H groups in total. The maximum absolute atomic E-state index is 12.9. The summed E-state index contributed by atoms with van der Waals surface area (Å²) in [6.07, 6.45) is -4.42. The van der Waals surface area contributed by atoms with Crippen molar-refractivity contribution in [3.63, 3.8) is 0 Å². The van der Waals surface area contributed by atoms with E-state index in [1.165, 1.54) is 12.1 Å². The molecule has 0 bridgehead atoms. The highest BCUT2D eigenvalue weighted by atomic mass is 19.4. The molecular formula is C11H12F4O. The Labute approximate surface area is 91.0 Å². The van der Waals surface area contributed by atoms with Gasteiger partial charge in [-0.2, -0.15) is 13.2 Å². The molecule has 1 aromatic rings. The van der Waals surface area contributed by atoms with Crippen LogP contribution in [0.4, 0.5) is 17.6 Å². The molecule has 0 radical (unpaired) electrons. The van der Waals surface area contributed by atoms with Crippen LogP contribution in [0.2, 0.25) is 0 Å². The number of halogens is 4. The Morgan fingerprint density at radius 1 is 1.25 bits per heavy atom. The van der Waals surface area contributed by atoms with Gasteiger partial charge < -0.3 is 4.74 Å². The summed E-state index contributed by atoms with van der Waals surface area (Å²) in [5.74, 6) is -0.683. The molecule has 0 saturated carbocycles. The Bertz CT molecular complexity index is 357. The number of alkyl halides is 3. The van der Waals surface area contributed by atoms with Crippen LogP contribution < -0.4 is 4.74 Å². The number of benzene rings is 1. The molecule has 0 atom stereocenters. The van der Waals surface area contributed by atoms with Crippen LogP contribution in [0.15, 0.2) is 18.2 Å². The predicted molar refractivity (Wildman–Crippen MR) is 52.0 cm³/mol. The molecule has 5 heteroatoms. The molecule has 0 heterocycles.